The largest absolute Gasteiger partial charge is 0.349 e. The molecule has 5 heteroatoms. The molecule has 2 aliphatic heterocycles. The number of carbonyl (C=O) groups is 1. The SMILES string of the molecule is O=C(C1Cc2nc(-c3ccccc3)sc2N1CC1CC1)N1CCCC1. The summed E-state index contributed by atoms with van der Waals surface area (Å²) in [6, 6.07) is 10.4. The smallest absolute Gasteiger partial charge is 0.245 e. The van der Waals surface area contributed by atoms with Crippen molar-refractivity contribution in [1.29, 1.82) is 0 Å². The fourth-order valence-corrected chi connectivity index (χ4v) is 5.16. The highest BCUT2D eigenvalue weighted by Crippen LogP contribution is 2.44. The number of benzene rings is 1. The quantitative estimate of drug-likeness (QED) is 0.843. The molecule has 0 spiro atoms. The number of aromatic nitrogens is 1. The number of nitrogens with zero attached hydrogens (tertiary/aromatic N) is 3. The molecule has 1 amide bonds. The van der Waals surface area contributed by atoms with Gasteiger partial charge in [-0.15, -0.1) is 0 Å². The number of hydrogen-bond acceptors (Lipinski definition) is 4. The summed E-state index contributed by atoms with van der Waals surface area (Å²) in [4.78, 5) is 22.4. The Morgan fingerprint density at radius 1 is 1.16 bits per heavy atom. The lowest BCUT2D eigenvalue weighted by Crippen LogP contribution is -2.47. The summed E-state index contributed by atoms with van der Waals surface area (Å²) in [6.45, 7) is 2.89. The van der Waals surface area contributed by atoms with Gasteiger partial charge in [0.2, 0.25) is 5.91 Å². The molecule has 1 aliphatic carbocycles. The van der Waals surface area contributed by atoms with Crippen LogP contribution in [0.3, 0.4) is 0 Å². The van der Waals surface area contributed by atoms with Gasteiger partial charge in [-0.05, 0) is 31.6 Å². The van der Waals surface area contributed by atoms with Gasteiger partial charge in [0.05, 0.1) is 5.69 Å². The molecule has 25 heavy (non-hydrogen) atoms. The molecular formula is C20H23N3OS. The molecule has 0 radical (unpaired) electrons. The number of fused-ring (bicyclic) bond motifs is 1. The van der Waals surface area contributed by atoms with Gasteiger partial charge in [-0.3, -0.25) is 4.79 Å². The van der Waals surface area contributed by atoms with E-state index in [4.69, 9.17) is 4.98 Å². The van der Waals surface area contributed by atoms with Crippen molar-refractivity contribution in [2.24, 2.45) is 5.92 Å². The molecule has 2 fully saturated rings. The molecule has 0 N–H and O–H groups in total. The van der Waals surface area contributed by atoms with E-state index in [1.165, 1.54) is 23.4 Å². The van der Waals surface area contributed by atoms with Gasteiger partial charge in [-0.2, -0.15) is 0 Å². The summed E-state index contributed by atoms with van der Waals surface area (Å²) < 4.78 is 0. The van der Waals surface area contributed by atoms with Gasteiger partial charge in [0.15, 0.2) is 0 Å². The summed E-state index contributed by atoms with van der Waals surface area (Å²) in [5.74, 6) is 1.09. The summed E-state index contributed by atoms with van der Waals surface area (Å²) in [5, 5.41) is 2.32. The zero-order valence-electron chi connectivity index (χ0n) is 14.4. The van der Waals surface area contributed by atoms with Crippen molar-refractivity contribution in [3.63, 3.8) is 0 Å². The first-order chi connectivity index (χ1) is 12.3. The minimum atomic E-state index is -0.0164. The molecule has 1 saturated carbocycles. The summed E-state index contributed by atoms with van der Waals surface area (Å²) in [7, 11) is 0. The highest BCUT2D eigenvalue weighted by molar-refractivity contribution is 7.19. The van der Waals surface area contributed by atoms with Crippen LogP contribution in [-0.2, 0) is 11.2 Å². The van der Waals surface area contributed by atoms with Crippen LogP contribution in [0.4, 0.5) is 5.00 Å². The number of thiazole rings is 1. The van der Waals surface area contributed by atoms with Crippen LogP contribution in [0.1, 0.15) is 31.4 Å². The van der Waals surface area contributed by atoms with Crippen LogP contribution in [0.25, 0.3) is 10.6 Å². The number of rotatable bonds is 4. The Kier molecular flexibility index (Phi) is 3.77. The van der Waals surface area contributed by atoms with Gasteiger partial charge >= 0.3 is 0 Å². The zero-order chi connectivity index (χ0) is 16.8. The molecule has 2 aromatic rings. The molecule has 5 rings (SSSR count). The Labute approximate surface area is 152 Å². The number of carbonyl (C=O) groups excluding carboxylic acids is 1. The first-order valence-electron chi connectivity index (χ1n) is 9.40. The Morgan fingerprint density at radius 3 is 2.64 bits per heavy atom. The molecule has 3 heterocycles. The molecule has 1 aromatic carbocycles. The number of anilines is 1. The first kappa shape index (κ1) is 15.4. The number of hydrogen-bond donors (Lipinski definition) is 0. The number of likely N-dealkylation sites (tertiary alicyclic amines) is 1. The van der Waals surface area contributed by atoms with E-state index >= 15 is 0 Å². The maximum atomic E-state index is 13.0. The van der Waals surface area contributed by atoms with Gasteiger partial charge in [-0.25, -0.2) is 4.98 Å². The predicted molar refractivity (Wildman–Crippen MR) is 101 cm³/mol. The van der Waals surface area contributed by atoms with Crippen molar-refractivity contribution in [3.8, 4) is 10.6 Å². The van der Waals surface area contributed by atoms with E-state index in [9.17, 15) is 4.79 Å². The van der Waals surface area contributed by atoms with Crippen LogP contribution in [-0.4, -0.2) is 41.5 Å². The summed E-state index contributed by atoms with van der Waals surface area (Å²) in [6.07, 6.45) is 5.70. The lowest BCUT2D eigenvalue weighted by atomic mass is 10.1. The Morgan fingerprint density at radius 2 is 1.92 bits per heavy atom. The van der Waals surface area contributed by atoms with Gasteiger partial charge < -0.3 is 9.80 Å². The predicted octanol–water partition coefficient (Wildman–Crippen LogP) is 3.57. The monoisotopic (exact) mass is 353 g/mol. The van der Waals surface area contributed by atoms with Gasteiger partial charge in [0.1, 0.15) is 16.1 Å². The maximum Gasteiger partial charge on any atom is 0.245 e. The van der Waals surface area contributed by atoms with Crippen LogP contribution in [0.2, 0.25) is 0 Å². The van der Waals surface area contributed by atoms with Crippen LogP contribution in [0.15, 0.2) is 30.3 Å². The lowest BCUT2D eigenvalue weighted by Gasteiger charge is -2.29. The van der Waals surface area contributed by atoms with E-state index in [0.717, 1.165) is 55.5 Å². The van der Waals surface area contributed by atoms with E-state index in [1.807, 2.05) is 6.07 Å². The van der Waals surface area contributed by atoms with Crippen LogP contribution >= 0.6 is 11.3 Å². The molecule has 1 unspecified atom stereocenters. The second-order valence-electron chi connectivity index (χ2n) is 7.48. The zero-order valence-corrected chi connectivity index (χ0v) is 15.2. The molecular weight excluding hydrogens is 330 g/mol. The third kappa shape index (κ3) is 2.84. The van der Waals surface area contributed by atoms with Crippen molar-refractivity contribution in [2.75, 3.05) is 24.5 Å². The maximum absolute atomic E-state index is 13.0. The molecule has 1 saturated heterocycles. The fraction of sp³-hybridized carbons (Fsp3) is 0.500. The van der Waals surface area contributed by atoms with E-state index < -0.39 is 0 Å². The van der Waals surface area contributed by atoms with E-state index in [2.05, 4.69) is 34.1 Å². The van der Waals surface area contributed by atoms with E-state index in [-0.39, 0.29) is 6.04 Å². The van der Waals surface area contributed by atoms with Crippen molar-refractivity contribution in [1.82, 2.24) is 9.88 Å². The second-order valence-corrected chi connectivity index (χ2v) is 8.46. The molecule has 3 aliphatic rings. The Bertz CT molecular complexity index is 777. The van der Waals surface area contributed by atoms with Gasteiger partial charge in [0, 0.05) is 31.6 Å². The minimum Gasteiger partial charge on any atom is -0.349 e. The molecule has 130 valence electrons. The van der Waals surface area contributed by atoms with Crippen LogP contribution in [0, 0.1) is 5.92 Å². The summed E-state index contributed by atoms with van der Waals surface area (Å²) >= 11 is 1.76. The highest BCUT2D eigenvalue weighted by Gasteiger charge is 2.42. The molecule has 4 nitrogen and oxygen atoms in total. The highest BCUT2D eigenvalue weighted by atomic mass is 32.1. The average Bonchev–Trinajstić information content (AvgIpc) is 3.03. The lowest BCUT2D eigenvalue weighted by molar-refractivity contribution is -0.131. The third-order valence-electron chi connectivity index (χ3n) is 5.58. The van der Waals surface area contributed by atoms with Crippen molar-refractivity contribution < 1.29 is 4.79 Å². The standard InChI is InChI=1S/C20H23N3OS/c24-19(22-10-4-5-11-22)17-12-16-20(23(17)13-14-8-9-14)25-18(21-16)15-6-2-1-3-7-15/h1-3,6-7,14,17H,4-5,8-13H2. The summed E-state index contributed by atoms with van der Waals surface area (Å²) in [5.41, 5.74) is 2.30. The normalized spacial score (nSPS) is 22.5. The Hall–Kier alpha value is -1.88. The third-order valence-corrected chi connectivity index (χ3v) is 6.76. The van der Waals surface area contributed by atoms with Crippen LogP contribution < -0.4 is 4.90 Å². The topological polar surface area (TPSA) is 36.4 Å². The van der Waals surface area contributed by atoms with E-state index in [1.54, 1.807) is 11.3 Å². The van der Waals surface area contributed by atoms with Crippen LogP contribution in [0.5, 0.6) is 0 Å². The second kappa shape index (κ2) is 6.13. The number of amides is 1. The van der Waals surface area contributed by atoms with Crippen molar-refractivity contribution in [3.05, 3.63) is 36.0 Å². The Balaban J connectivity index is 1.44. The molecule has 1 aromatic heterocycles. The fourth-order valence-electron chi connectivity index (χ4n) is 4.00. The van der Waals surface area contributed by atoms with Gasteiger partial charge in [-0.1, -0.05) is 41.7 Å². The molecule has 0 bridgehead atoms. The van der Waals surface area contributed by atoms with E-state index in [0.29, 0.717) is 5.91 Å². The average molecular weight is 353 g/mol. The van der Waals surface area contributed by atoms with Gasteiger partial charge in [0.25, 0.3) is 0 Å². The van der Waals surface area contributed by atoms with Crippen molar-refractivity contribution in [2.45, 2.75) is 38.1 Å². The molecule has 1 atom stereocenters. The minimum absolute atomic E-state index is 0.0164. The first-order valence-corrected chi connectivity index (χ1v) is 10.2. The van der Waals surface area contributed by atoms with Crippen molar-refractivity contribution >= 4 is 22.2 Å².